The zero-order valence-electron chi connectivity index (χ0n) is 8.71. The fourth-order valence-corrected chi connectivity index (χ4v) is 1.21. The molecule has 0 radical (unpaired) electrons. The molecular weight excluding hydrogens is 164 g/mol. The lowest BCUT2D eigenvalue weighted by Gasteiger charge is -2.24. The number of hydrogen-bond acceptors (Lipinski definition) is 3. The maximum atomic E-state index is 5.62. The molecule has 0 heterocycles. The summed E-state index contributed by atoms with van der Waals surface area (Å²) in [6.45, 7) is 5.32. The van der Waals surface area contributed by atoms with Gasteiger partial charge in [-0.15, -0.1) is 6.42 Å². The van der Waals surface area contributed by atoms with Gasteiger partial charge < -0.3 is 10.5 Å². The standard InChI is InChI=1S/C10H20N2O/c1-5-9(3)12-10(6-11)8(2)7-13-4/h1,8-10,12H,6-7,11H2,2-4H3. The van der Waals surface area contributed by atoms with Crippen LogP contribution in [-0.4, -0.2) is 32.3 Å². The van der Waals surface area contributed by atoms with Gasteiger partial charge in [0, 0.05) is 19.7 Å². The minimum absolute atomic E-state index is 0.0628. The summed E-state index contributed by atoms with van der Waals surface area (Å²) in [6.07, 6.45) is 5.26. The molecule has 3 heteroatoms. The van der Waals surface area contributed by atoms with Gasteiger partial charge in [-0.2, -0.15) is 0 Å². The summed E-state index contributed by atoms with van der Waals surface area (Å²) in [5, 5.41) is 3.26. The Hall–Kier alpha value is -0.560. The molecule has 13 heavy (non-hydrogen) atoms. The molecular formula is C10H20N2O. The molecule has 0 saturated heterocycles. The minimum Gasteiger partial charge on any atom is -0.384 e. The van der Waals surface area contributed by atoms with Crippen molar-refractivity contribution in [2.24, 2.45) is 11.7 Å². The van der Waals surface area contributed by atoms with Crippen LogP contribution in [0.5, 0.6) is 0 Å². The molecule has 3 atom stereocenters. The lowest BCUT2D eigenvalue weighted by Crippen LogP contribution is -2.46. The zero-order valence-corrected chi connectivity index (χ0v) is 8.71. The Balaban J connectivity index is 3.95. The molecule has 3 nitrogen and oxygen atoms in total. The van der Waals surface area contributed by atoms with E-state index in [1.807, 2.05) is 6.92 Å². The molecule has 0 aromatic carbocycles. The summed E-state index contributed by atoms with van der Waals surface area (Å²) in [7, 11) is 1.69. The van der Waals surface area contributed by atoms with Gasteiger partial charge in [0.1, 0.15) is 0 Å². The molecule has 0 aromatic heterocycles. The van der Waals surface area contributed by atoms with Crippen LogP contribution < -0.4 is 11.1 Å². The maximum absolute atomic E-state index is 5.62. The Morgan fingerprint density at radius 2 is 2.15 bits per heavy atom. The van der Waals surface area contributed by atoms with E-state index in [4.69, 9.17) is 16.9 Å². The smallest absolute Gasteiger partial charge is 0.0661 e. The summed E-state index contributed by atoms with van der Waals surface area (Å²) in [6, 6.07) is 0.291. The second kappa shape index (κ2) is 6.90. The monoisotopic (exact) mass is 184 g/mol. The Morgan fingerprint density at radius 3 is 2.54 bits per heavy atom. The van der Waals surface area contributed by atoms with Crippen molar-refractivity contribution in [1.82, 2.24) is 5.32 Å². The summed E-state index contributed by atoms with van der Waals surface area (Å²) in [5.41, 5.74) is 5.62. The van der Waals surface area contributed by atoms with E-state index < -0.39 is 0 Å². The highest BCUT2D eigenvalue weighted by molar-refractivity contribution is 4.97. The fraction of sp³-hybridized carbons (Fsp3) is 0.800. The number of nitrogens with two attached hydrogens (primary N) is 1. The second-order valence-corrected chi connectivity index (χ2v) is 3.33. The molecule has 0 bridgehead atoms. The van der Waals surface area contributed by atoms with E-state index in [1.54, 1.807) is 7.11 Å². The van der Waals surface area contributed by atoms with Crippen LogP contribution in [0.2, 0.25) is 0 Å². The normalized spacial score (nSPS) is 17.5. The molecule has 0 saturated carbocycles. The van der Waals surface area contributed by atoms with Gasteiger partial charge in [-0.25, -0.2) is 0 Å². The molecule has 76 valence electrons. The van der Waals surface area contributed by atoms with Gasteiger partial charge in [0.25, 0.3) is 0 Å². The van der Waals surface area contributed by atoms with E-state index in [0.717, 1.165) is 0 Å². The second-order valence-electron chi connectivity index (χ2n) is 3.33. The quantitative estimate of drug-likeness (QED) is 0.580. The summed E-state index contributed by atoms with van der Waals surface area (Å²) in [5.74, 6) is 3.00. The van der Waals surface area contributed by atoms with Gasteiger partial charge in [-0.05, 0) is 12.8 Å². The summed E-state index contributed by atoms with van der Waals surface area (Å²) in [4.78, 5) is 0. The molecule has 3 unspecified atom stereocenters. The number of ether oxygens (including phenoxy) is 1. The van der Waals surface area contributed by atoms with Crippen LogP contribution in [0.3, 0.4) is 0 Å². The van der Waals surface area contributed by atoms with Gasteiger partial charge in [0.2, 0.25) is 0 Å². The van der Waals surface area contributed by atoms with Crippen molar-refractivity contribution in [1.29, 1.82) is 0 Å². The number of methoxy groups -OCH3 is 1. The van der Waals surface area contributed by atoms with Gasteiger partial charge in [-0.3, -0.25) is 5.32 Å². The zero-order chi connectivity index (χ0) is 10.3. The van der Waals surface area contributed by atoms with Crippen molar-refractivity contribution in [3.05, 3.63) is 0 Å². The summed E-state index contributed by atoms with van der Waals surface area (Å²) >= 11 is 0. The van der Waals surface area contributed by atoms with E-state index in [9.17, 15) is 0 Å². The predicted octanol–water partition coefficient (Wildman–Crippen LogP) is 0.208. The van der Waals surface area contributed by atoms with E-state index in [2.05, 4.69) is 18.2 Å². The van der Waals surface area contributed by atoms with E-state index in [1.165, 1.54) is 0 Å². The molecule has 0 aliphatic heterocycles. The number of nitrogens with one attached hydrogen (secondary N) is 1. The van der Waals surface area contributed by atoms with Crippen LogP contribution in [0, 0.1) is 18.3 Å². The third kappa shape index (κ3) is 4.89. The molecule has 0 aliphatic carbocycles. The molecule has 0 amide bonds. The van der Waals surface area contributed by atoms with Crippen molar-refractivity contribution in [2.45, 2.75) is 25.9 Å². The first-order valence-corrected chi connectivity index (χ1v) is 4.56. The van der Waals surface area contributed by atoms with E-state index in [-0.39, 0.29) is 12.1 Å². The lowest BCUT2D eigenvalue weighted by atomic mass is 10.0. The molecule has 0 aromatic rings. The lowest BCUT2D eigenvalue weighted by molar-refractivity contribution is 0.139. The first kappa shape index (κ1) is 12.4. The van der Waals surface area contributed by atoms with E-state index in [0.29, 0.717) is 19.1 Å². The largest absolute Gasteiger partial charge is 0.384 e. The minimum atomic E-state index is 0.0628. The fourth-order valence-electron chi connectivity index (χ4n) is 1.21. The van der Waals surface area contributed by atoms with Gasteiger partial charge >= 0.3 is 0 Å². The Kier molecular flexibility index (Phi) is 6.61. The average Bonchev–Trinajstić information content (AvgIpc) is 2.14. The Bertz CT molecular complexity index is 165. The van der Waals surface area contributed by atoms with Crippen LogP contribution >= 0.6 is 0 Å². The van der Waals surface area contributed by atoms with Crippen LogP contribution in [-0.2, 0) is 4.74 Å². The topological polar surface area (TPSA) is 47.3 Å². The molecule has 3 N–H and O–H groups in total. The number of hydrogen-bond donors (Lipinski definition) is 2. The van der Waals surface area contributed by atoms with Gasteiger partial charge in [0.05, 0.1) is 12.6 Å². The highest BCUT2D eigenvalue weighted by Gasteiger charge is 2.16. The maximum Gasteiger partial charge on any atom is 0.0661 e. The number of rotatable bonds is 6. The van der Waals surface area contributed by atoms with Crippen LogP contribution in [0.15, 0.2) is 0 Å². The van der Waals surface area contributed by atoms with Crippen molar-refractivity contribution in [3.63, 3.8) is 0 Å². The Labute approximate surface area is 81.0 Å². The average molecular weight is 184 g/mol. The molecule has 0 aliphatic rings. The predicted molar refractivity (Wildman–Crippen MR) is 55.3 cm³/mol. The van der Waals surface area contributed by atoms with E-state index >= 15 is 0 Å². The van der Waals surface area contributed by atoms with Crippen LogP contribution in [0.1, 0.15) is 13.8 Å². The van der Waals surface area contributed by atoms with Gasteiger partial charge in [-0.1, -0.05) is 12.8 Å². The van der Waals surface area contributed by atoms with Crippen molar-refractivity contribution in [2.75, 3.05) is 20.3 Å². The SMILES string of the molecule is C#CC(C)NC(CN)C(C)COC. The highest BCUT2D eigenvalue weighted by Crippen LogP contribution is 2.02. The van der Waals surface area contributed by atoms with Gasteiger partial charge in [0.15, 0.2) is 0 Å². The first-order chi connectivity index (χ1) is 6.15. The van der Waals surface area contributed by atoms with Crippen molar-refractivity contribution >= 4 is 0 Å². The molecule has 0 rings (SSSR count). The highest BCUT2D eigenvalue weighted by atomic mass is 16.5. The Morgan fingerprint density at radius 1 is 1.54 bits per heavy atom. The van der Waals surface area contributed by atoms with Crippen molar-refractivity contribution < 1.29 is 4.74 Å². The third-order valence-corrected chi connectivity index (χ3v) is 2.08. The third-order valence-electron chi connectivity index (χ3n) is 2.08. The van der Waals surface area contributed by atoms with Crippen molar-refractivity contribution in [3.8, 4) is 12.3 Å². The van der Waals surface area contributed by atoms with Crippen LogP contribution in [0.4, 0.5) is 0 Å². The molecule has 0 spiro atoms. The molecule has 0 fully saturated rings. The number of terminal acetylenes is 1. The van der Waals surface area contributed by atoms with Crippen LogP contribution in [0.25, 0.3) is 0 Å². The summed E-state index contributed by atoms with van der Waals surface area (Å²) < 4.78 is 5.05. The first-order valence-electron chi connectivity index (χ1n) is 4.56.